The van der Waals surface area contributed by atoms with Gasteiger partial charge < -0.3 is 15.4 Å². The van der Waals surface area contributed by atoms with Gasteiger partial charge in [0.15, 0.2) is 0 Å². The number of amides is 1. The Balaban J connectivity index is 2.38. The number of hydrogen-bond acceptors (Lipinski definition) is 3. The van der Waals surface area contributed by atoms with Gasteiger partial charge in [0, 0.05) is 19.7 Å². The quantitative estimate of drug-likeness (QED) is 0.681. The molecule has 1 fully saturated rings. The van der Waals surface area contributed by atoms with Gasteiger partial charge in [0.05, 0.1) is 0 Å². The van der Waals surface area contributed by atoms with Gasteiger partial charge >= 0.3 is 0 Å². The van der Waals surface area contributed by atoms with Crippen molar-refractivity contribution in [1.29, 1.82) is 0 Å². The zero-order valence-corrected chi connectivity index (χ0v) is 9.17. The fourth-order valence-electron chi connectivity index (χ4n) is 1.59. The Morgan fingerprint density at radius 2 is 2.36 bits per heavy atom. The van der Waals surface area contributed by atoms with Gasteiger partial charge in [-0.3, -0.25) is 4.79 Å². The molecular weight excluding hydrogens is 180 g/mol. The summed E-state index contributed by atoms with van der Waals surface area (Å²) in [4.78, 5) is 11.5. The average molecular weight is 200 g/mol. The predicted molar refractivity (Wildman–Crippen MR) is 55.1 cm³/mol. The lowest BCUT2D eigenvalue weighted by molar-refractivity contribution is -0.131. The van der Waals surface area contributed by atoms with Crippen molar-refractivity contribution in [2.45, 2.75) is 32.4 Å². The molecular formula is C10H20N2O2. The summed E-state index contributed by atoms with van der Waals surface area (Å²) in [6.07, 6.45) is 0.760. The van der Waals surface area contributed by atoms with E-state index in [4.69, 9.17) is 4.74 Å². The van der Waals surface area contributed by atoms with Crippen molar-refractivity contribution >= 4 is 5.91 Å². The molecule has 1 heterocycles. The zero-order valence-electron chi connectivity index (χ0n) is 9.17. The maximum absolute atomic E-state index is 11.5. The molecule has 0 bridgehead atoms. The van der Waals surface area contributed by atoms with Crippen LogP contribution in [0.1, 0.15) is 20.3 Å². The number of carbonyl (C=O) groups excluding carboxylic acids is 1. The highest BCUT2D eigenvalue weighted by Crippen LogP contribution is 2.11. The van der Waals surface area contributed by atoms with Gasteiger partial charge in [-0.25, -0.2) is 0 Å². The largest absolute Gasteiger partial charge is 0.372 e. The number of piperidine rings is 1. The van der Waals surface area contributed by atoms with Crippen LogP contribution in [-0.4, -0.2) is 38.3 Å². The van der Waals surface area contributed by atoms with Crippen molar-refractivity contribution in [1.82, 2.24) is 10.6 Å². The molecule has 0 aromatic heterocycles. The van der Waals surface area contributed by atoms with Crippen LogP contribution in [0.25, 0.3) is 0 Å². The molecule has 1 aliphatic heterocycles. The minimum Gasteiger partial charge on any atom is -0.372 e. The first-order chi connectivity index (χ1) is 6.65. The molecule has 4 heteroatoms. The Hall–Kier alpha value is -0.610. The topological polar surface area (TPSA) is 50.4 Å². The molecule has 0 saturated carbocycles. The van der Waals surface area contributed by atoms with Gasteiger partial charge in [0.2, 0.25) is 5.91 Å². The minimum absolute atomic E-state index is 0.0203. The van der Waals surface area contributed by atoms with Crippen LogP contribution in [0.2, 0.25) is 0 Å². The van der Waals surface area contributed by atoms with Crippen LogP contribution in [-0.2, 0) is 9.53 Å². The lowest BCUT2D eigenvalue weighted by atomic mass is 9.95. The molecule has 0 aromatic carbocycles. The lowest BCUT2D eigenvalue weighted by Crippen LogP contribution is -2.52. The van der Waals surface area contributed by atoms with Gasteiger partial charge in [-0.1, -0.05) is 6.92 Å². The molecule has 1 amide bonds. The van der Waals surface area contributed by atoms with E-state index < -0.39 is 0 Å². The van der Waals surface area contributed by atoms with E-state index >= 15 is 0 Å². The van der Waals surface area contributed by atoms with Crippen LogP contribution in [0.5, 0.6) is 0 Å². The summed E-state index contributed by atoms with van der Waals surface area (Å²) in [5.41, 5.74) is 0. The smallest absolute Gasteiger partial charge is 0.249 e. The van der Waals surface area contributed by atoms with E-state index in [0.717, 1.165) is 19.5 Å². The highest BCUT2D eigenvalue weighted by molar-refractivity contribution is 5.80. The number of methoxy groups -OCH3 is 1. The maximum Gasteiger partial charge on any atom is 0.249 e. The Bertz CT molecular complexity index is 197. The second kappa shape index (κ2) is 5.32. The maximum atomic E-state index is 11.5. The van der Waals surface area contributed by atoms with Crippen molar-refractivity contribution in [2.24, 2.45) is 5.92 Å². The second-order valence-corrected chi connectivity index (χ2v) is 3.96. The van der Waals surface area contributed by atoms with Crippen LogP contribution in [0, 0.1) is 5.92 Å². The molecule has 1 saturated heterocycles. The first-order valence-corrected chi connectivity index (χ1v) is 5.19. The van der Waals surface area contributed by atoms with Gasteiger partial charge in [-0.15, -0.1) is 0 Å². The lowest BCUT2D eigenvalue weighted by Gasteiger charge is -2.30. The van der Waals surface area contributed by atoms with E-state index in [1.54, 1.807) is 14.0 Å². The monoisotopic (exact) mass is 200 g/mol. The Labute approximate surface area is 85.4 Å². The van der Waals surface area contributed by atoms with Crippen molar-refractivity contribution in [3.05, 3.63) is 0 Å². The normalized spacial score (nSPS) is 29.6. The van der Waals surface area contributed by atoms with Gasteiger partial charge in [-0.2, -0.15) is 0 Å². The molecule has 3 unspecified atom stereocenters. The van der Waals surface area contributed by atoms with Crippen LogP contribution in [0.3, 0.4) is 0 Å². The minimum atomic E-state index is -0.357. The summed E-state index contributed by atoms with van der Waals surface area (Å²) in [5.74, 6) is 0.525. The first kappa shape index (κ1) is 11.5. The summed E-state index contributed by atoms with van der Waals surface area (Å²) >= 11 is 0. The summed E-state index contributed by atoms with van der Waals surface area (Å²) < 4.78 is 4.96. The average Bonchev–Trinajstić information content (AvgIpc) is 2.20. The number of carbonyl (C=O) groups is 1. The summed E-state index contributed by atoms with van der Waals surface area (Å²) in [7, 11) is 1.55. The number of ether oxygens (including phenoxy) is 1. The summed E-state index contributed by atoms with van der Waals surface area (Å²) in [6.45, 7) is 5.84. The molecule has 1 aliphatic rings. The van der Waals surface area contributed by atoms with Gasteiger partial charge in [-0.05, 0) is 25.8 Å². The van der Waals surface area contributed by atoms with E-state index in [1.807, 2.05) is 0 Å². The molecule has 2 N–H and O–H groups in total. The Morgan fingerprint density at radius 1 is 1.64 bits per heavy atom. The van der Waals surface area contributed by atoms with E-state index in [-0.39, 0.29) is 18.1 Å². The Morgan fingerprint density at radius 3 is 2.93 bits per heavy atom. The third kappa shape index (κ3) is 2.96. The fourth-order valence-corrected chi connectivity index (χ4v) is 1.59. The molecule has 4 nitrogen and oxygen atoms in total. The van der Waals surface area contributed by atoms with Crippen molar-refractivity contribution in [3.8, 4) is 0 Å². The summed E-state index contributed by atoms with van der Waals surface area (Å²) in [6, 6.07) is 0.244. The molecule has 14 heavy (non-hydrogen) atoms. The molecule has 82 valence electrons. The van der Waals surface area contributed by atoms with Crippen LogP contribution in [0.4, 0.5) is 0 Å². The van der Waals surface area contributed by atoms with Crippen molar-refractivity contribution in [3.63, 3.8) is 0 Å². The van der Waals surface area contributed by atoms with Crippen LogP contribution in [0.15, 0.2) is 0 Å². The third-order valence-electron chi connectivity index (χ3n) is 2.88. The fraction of sp³-hybridized carbons (Fsp3) is 0.900. The summed E-state index contributed by atoms with van der Waals surface area (Å²) in [5, 5.41) is 6.26. The van der Waals surface area contributed by atoms with E-state index in [1.165, 1.54) is 0 Å². The third-order valence-corrected chi connectivity index (χ3v) is 2.88. The molecule has 0 aliphatic carbocycles. The molecule has 0 aromatic rings. The molecule has 0 spiro atoms. The predicted octanol–water partition coefficient (Wildman–Crippen LogP) is 0.135. The number of rotatable bonds is 3. The zero-order chi connectivity index (χ0) is 10.6. The second-order valence-electron chi connectivity index (χ2n) is 3.96. The number of nitrogens with one attached hydrogen (secondary N) is 2. The van der Waals surface area contributed by atoms with Gasteiger partial charge in [0.25, 0.3) is 0 Å². The van der Waals surface area contributed by atoms with Crippen molar-refractivity contribution < 1.29 is 9.53 Å². The van der Waals surface area contributed by atoms with E-state index in [9.17, 15) is 4.79 Å². The van der Waals surface area contributed by atoms with Gasteiger partial charge in [0.1, 0.15) is 6.10 Å². The van der Waals surface area contributed by atoms with Crippen LogP contribution >= 0.6 is 0 Å². The van der Waals surface area contributed by atoms with Crippen molar-refractivity contribution in [2.75, 3.05) is 20.2 Å². The molecule has 3 atom stereocenters. The highest BCUT2D eigenvalue weighted by atomic mass is 16.5. The molecule has 0 radical (unpaired) electrons. The number of hydrogen-bond donors (Lipinski definition) is 2. The van der Waals surface area contributed by atoms with E-state index in [2.05, 4.69) is 17.6 Å². The highest BCUT2D eigenvalue weighted by Gasteiger charge is 2.24. The first-order valence-electron chi connectivity index (χ1n) is 5.19. The Kier molecular flexibility index (Phi) is 4.35. The molecule has 1 rings (SSSR count). The standard InChI is InChI=1S/C10H20N2O2/c1-7-4-5-11-6-9(7)12-10(13)8(2)14-3/h7-9,11H,4-6H2,1-3H3,(H,12,13). The van der Waals surface area contributed by atoms with E-state index in [0.29, 0.717) is 5.92 Å². The SMILES string of the molecule is COC(C)C(=O)NC1CNCCC1C. The van der Waals surface area contributed by atoms with Crippen LogP contribution < -0.4 is 10.6 Å².